The van der Waals surface area contributed by atoms with Crippen LogP contribution < -0.4 is 11.1 Å². The van der Waals surface area contributed by atoms with E-state index < -0.39 is 17.4 Å². The van der Waals surface area contributed by atoms with E-state index in [0.29, 0.717) is 18.5 Å². The molecule has 1 aliphatic rings. The Morgan fingerprint density at radius 3 is 2.50 bits per heavy atom. The first-order valence-corrected chi connectivity index (χ1v) is 6.74. The Balaban J connectivity index is 2.38. The normalized spacial score (nSPS) is 17.4. The standard InChI is InChI=1S/C14H19N3O3/c1-9-5-6-10(11(15)18)12(16-9)17-14(13(19)20)7-3-2-4-8-14/h5-6H,2-4,7-8H2,1H3,(H2,15,18)(H,16,17)(H,19,20). The number of hydrogen-bond acceptors (Lipinski definition) is 4. The fraction of sp³-hybridized carbons (Fsp3) is 0.500. The second-order valence-corrected chi connectivity index (χ2v) is 5.29. The lowest BCUT2D eigenvalue weighted by Crippen LogP contribution is -2.48. The second-order valence-electron chi connectivity index (χ2n) is 5.29. The lowest BCUT2D eigenvalue weighted by molar-refractivity contribution is -0.143. The minimum absolute atomic E-state index is 0.224. The van der Waals surface area contributed by atoms with E-state index in [1.54, 1.807) is 19.1 Å². The minimum atomic E-state index is -1.05. The van der Waals surface area contributed by atoms with E-state index in [1.165, 1.54) is 0 Å². The van der Waals surface area contributed by atoms with Crippen molar-refractivity contribution in [2.75, 3.05) is 5.32 Å². The lowest BCUT2D eigenvalue weighted by atomic mass is 9.81. The molecule has 0 bridgehead atoms. The molecular formula is C14H19N3O3. The van der Waals surface area contributed by atoms with Gasteiger partial charge in [-0.05, 0) is 31.9 Å². The number of aliphatic carboxylic acids is 1. The number of aromatic nitrogens is 1. The van der Waals surface area contributed by atoms with Crippen molar-refractivity contribution in [1.29, 1.82) is 0 Å². The highest BCUT2D eigenvalue weighted by Gasteiger charge is 2.40. The third kappa shape index (κ3) is 2.74. The molecule has 1 aliphatic carbocycles. The number of nitrogens with one attached hydrogen (secondary N) is 1. The Morgan fingerprint density at radius 1 is 1.30 bits per heavy atom. The first kappa shape index (κ1) is 14.3. The van der Waals surface area contributed by atoms with Gasteiger partial charge in [0.15, 0.2) is 0 Å². The zero-order valence-electron chi connectivity index (χ0n) is 11.5. The Morgan fingerprint density at radius 2 is 1.95 bits per heavy atom. The van der Waals surface area contributed by atoms with Gasteiger partial charge in [0.2, 0.25) is 0 Å². The number of carboxylic acid groups (broad SMARTS) is 1. The van der Waals surface area contributed by atoms with Crippen LogP contribution >= 0.6 is 0 Å². The fourth-order valence-corrected chi connectivity index (χ4v) is 2.63. The van der Waals surface area contributed by atoms with Gasteiger partial charge in [-0.2, -0.15) is 0 Å². The maximum atomic E-state index is 11.6. The van der Waals surface area contributed by atoms with Gasteiger partial charge in [-0.3, -0.25) is 4.79 Å². The Labute approximate surface area is 117 Å². The average Bonchev–Trinajstić information content (AvgIpc) is 2.39. The molecule has 2 rings (SSSR count). The highest BCUT2D eigenvalue weighted by molar-refractivity contribution is 5.98. The summed E-state index contributed by atoms with van der Waals surface area (Å²) in [5.74, 6) is -1.26. The summed E-state index contributed by atoms with van der Waals surface area (Å²) in [6, 6.07) is 3.25. The largest absolute Gasteiger partial charge is 0.480 e. The van der Waals surface area contributed by atoms with Crippen molar-refractivity contribution in [3.63, 3.8) is 0 Å². The monoisotopic (exact) mass is 277 g/mol. The number of rotatable bonds is 4. The number of carbonyl (C=O) groups excluding carboxylic acids is 1. The third-order valence-electron chi connectivity index (χ3n) is 3.77. The molecule has 1 aromatic rings. The number of primary amides is 1. The molecule has 0 aromatic carbocycles. The van der Waals surface area contributed by atoms with Crippen LogP contribution in [0, 0.1) is 6.92 Å². The minimum Gasteiger partial charge on any atom is -0.480 e. The van der Waals surface area contributed by atoms with E-state index >= 15 is 0 Å². The Bertz CT molecular complexity index is 536. The number of amides is 1. The SMILES string of the molecule is Cc1ccc(C(N)=O)c(NC2(C(=O)O)CCCCC2)n1. The highest BCUT2D eigenvalue weighted by Crippen LogP contribution is 2.32. The predicted octanol–water partition coefficient (Wildman–Crippen LogP) is 1.69. The average molecular weight is 277 g/mol. The topological polar surface area (TPSA) is 105 Å². The molecule has 108 valence electrons. The number of carbonyl (C=O) groups is 2. The first-order valence-electron chi connectivity index (χ1n) is 6.74. The molecular weight excluding hydrogens is 258 g/mol. The molecule has 6 nitrogen and oxygen atoms in total. The van der Waals surface area contributed by atoms with Gasteiger partial charge < -0.3 is 16.2 Å². The zero-order chi connectivity index (χ0) is 14.8. The van der Waals surface area contributed by atoms with Crippen molar-refractivity contribution in [3.05, 3.63) is 23.4 Å². The van der Waals surface area contributed by atoms with E-state index in [0.717, 1.165) is 19.3 Å². The Hall–Kier alpha value is -2.11. The maximum Gasteiger partial charge on any atom is 0.329 e. The van der Waals surface area contributed by atoms with Crippen molar-refractivity contribution in [2.45, 2.75) is 44.6 Å². The van der Waals surface area contributed by atoms with Gasteiger partial charge in [0.25, 0.3) is 5.91 Å². The smallest absolute Gasteiger partial charge is 0.329 e. The number of carboxylic acids is 1. The molecule has 0 radical (unpaired) electrons. The maximum absolute atomic E-state index is 11.6. The second kappa shape index (κ2) is 5.48. The van der Waals surface area contributed by atoms with Crippen LogP contribution in [0.15, 0.2) is 12.1 Å². The molecule has 6 heteroatoms. The summed E-state index contributed by atoms with van der Waals surface area (Å²) < 4.78 is 0. The van der Waals surface area contributed by atoms with Gasteiger partial charge in [0.1, 0.15) is 11.4 Å². The van der Waals surface area contributed by atoms with Crippen LogP contribution in [-0.2, 0) is 4.79 Å². The Kier molecular flexibility index (Phi) is 3.92. The van der Waals surface area contributed by atoms with Crippen molar-refractivity contribution < 1.29 is 14.7 Å². The molecule has 1 amide bonds. The molecule has 0 aliphatic heterocycles. The van der Waals surface area contributed by atoms with Crippen molar-refractivity contribution >= 4 is 17.7 Å². The zero-order valence-corrected chi connectivity index (χ0v) is 11.5. The van der Waals surface area contributed by atoms with E-state index in [2.05, 4.69) is 10.3 Å². The van der Waals surface area contributed by atoms with Crippen LogP contribution in [0.1, 0.15) is 48.2 Å². The van der Waals surface area contributed by atoms with E-state index in [9.17, 15) is 14.7 Å². The van der Waals surface area contributed by atoms with Gasteiger partial charge in [-0.15, -0.1) is 0 Å². The quantitative estimate of drug-likeness (QED) is 0.776. The fourth-order valence-electron chi connectivity index (χ4n) is 2.63. The summed E-state index contributed by atoms with van der Waals surface area (Å²) in [6.45, 7) is 1.78. The van der Waals surface area contributed by atoms with E-state index in [1.807, 2.05) is 0 Å². The molecule has 0 atom stereocenters. The summed E-state index contributed by atoms with van der Waals surface area (Å²) in [6.07, 6.45) is 3.76. The predicted molar refractivity (Wildman–Crippen MR) is 74.6 cm³/mol. The van der Waals surface area contributed by atoms with E-state index in [4.69, 9.17) is 5.73 Å². The number of nitrogens with two attached hydrogens (primary N) is 1. The van der Waals surface area contributed by atoms with Gasteiger partial charge >= 0.3 is 5.97 Å². The molecule has 0 unspecified atom stereocenters. The van der Waals surface area contributed by atoms with Crippen LogP contribution in [0.4, 0.5) is 5.82 Å². The number of anilines is 1. The number of pyridine rings is 1. The van der Waals surface area contributed by atoms with Crippen molar-refractivity contribution in [3.8, 4) is 0 Å². The summed E-state index contributed by atoms with van der Waals surface area (Å²) in [4.78, 5) is 27.3. The third-order valence-corrected chi connectivity index (χ3v) is 3.77. The van der Waals surface area contributed by atoms with Gasteiger partial charge in [-0.1, -0.05) is 19.3 Å². The van der Waals surface area contributed by atoms with Crippen LogP contribution in [0.2, 0.25) is 0 Å². The van der Waals surface area contributed by atoms with Gasteiger partial charge in [0, 0.05) is 5.69 Å². The van der Waals surface area contributed by atoms with Crippen LogP contribution in [-0.4, -0.2) is 27.5 Å². The molecule has 1 fully saturated rings. The number of aryl methyl sites for hydroxylation is 1. The molecule has 1 saturated carbocycles. The first-order chi connectivity index (χ1) is 9.44. The lowest BCUT2D eigenvalue weighted by Gasteiger charge is -2.34. The van der Waals surface area contributed by atoms with Gasteiger partial charge in [0.05, 0.1) is 5.56 Å². The van der Waals surface area contributed by atoms with Crippen LogP contribution in [0.25, 0.3) is 0 Å². The summed E-state index contributed by atoms with van der Waals surface area (Å²) >= 11 is 0. The molecule has 20 heavy (non-hydrogen) atoms. The number of nitrogens with zero attached hydrogens (tertiary/aromatic N) is 1. The van der Waals surface area contributed by atoms with Gasteiger partial charge in [-0.25, -0.2) is 9.78 Å². The van der Waals surface area contributed by atoms with Crippen molar-refractivity contribution in [2.24, 2.45) is 5.73 Å². The summed E-state index contributed by atoms with van der Waals surface area (Å²) in [5.41, 5.74) is 5.20. The molecule has 1 aromatic heterocycles. The van der Waals surface area contributed by atoms with Crippen LogP contribution in [0.3, 0.4) is 0 Å². The number of hydrogen-bond donors (Lipinski definition) is 3. The summed E-state index contributed by atoms with van der Waals surface area (Å²) in [7, 11) is 0. The van der Waals surface area contributed by atoms with Crippen LogP contribution in [0.5, 0.6) is 0 Å². The molecule has 0 saturated heterocycles. The van der Waals surface area contributed by atoms with E-state index in [-0.39, 0.29) is 11.4 Å². The molecule has 1 heterocycles. The van der Waals surface area contributed by atoms with Crippen molar-refractivity contribution in [1.82, 2.24) is 4.98 Å². The molecule has 4 N–H and O–H groups in total. The highest BCUT2D eigenvalue weighted by atomic mass is 16.4. The summed E-state index contributed by atoms with van der Waals surface area (Å²) in [5, 5.41) is 12.5. The molecule has 0 spiro atoms.